The zero-order valence-electron chi connectivity index (χ0n) is 14.1. The van der Waals surface area contributed by atoms with Crippen molar-refractivity contribution in [1.82, 2.24) is 0 Å². The fourth-order valence-electron chi connectivity index (χ4n) is 3.02. The van der Waals surface area contributed by atoms with Crippen LogP contribution in [-0.4, -0.2) is 25.2 Å². The van der Waals surface area contributed by atoms with E-state index in [1.54, 1.807) is 0 Å². The van der Waals surface area contributed by atoms with Crippen molar-refractivity contribution in [3.8, 4) is 0 Å². The number of sulfonamides is 1. The van der Waals surface area contributed by atoms with Crippen LogP contribution in [0.5, 0.6) is 0 Å². The van der Waals surface area contributed by atoms with Crippen LogP contribution in [0, 0.1) is 5.82 Å². The molecule has 1 aliphatic heterocycles. The second-order valence-electron chi connectivity index (χ2n) is 5.96. The van der Waals surface area contributed by atoms with Crippen LogP contribution in [0.15, 0.2) is 64.8 Å². The van der Waals surface area contributed by atoms with Crippen molar-refractivity contribution < 1.29 is 27.5 Å². The van der Waals surface area contributed by atoms with Crippen molar-refractivity contribution in [2.45, 2.75) is 17.9 Å². The molecule has 2 aromatic carbocycles. The summed E-state index contributed by atoms with van der Waals surface area (Å²) in [6.45, 7) is 1.17. The van der Waals surface area contributed by atoms with E-state index in [2.05, 4.69) is 0 Å². The largest absolute Gasteiger partial charge is 0.503 e. The Morgan fingerprint density at radius 2 is 1.74 bits per heavy atom. The molecule has 0 unspecified atom stereocenters. The standard InChI is InChI=1S/C18H15FN2O5S/c1-10(22)15-16(13-4-2-3-5-14(13)19)21(18(24)17(15)23)11-6-8-12(9-7-11)27(20,25)26/h2-9,16,23H,1H3,(H2,20,25,26)/t16-/m1/s1. The molecular formula is C18H15FN2O5S. The van der Waals surface area contributed by atoms with Crippen molar-refractivity contribution in [2.24, 2.45) is 5.14 Å². The molecule has 3 rings (SSSR count). The van der Waals surface area contributed by atoms with Gasteiger partial charge in [0.25, 0.3) is 5.91 Å². The third-order valence-electron chi connectivity index (χ3n) is 4.23. The Morgan fingerprint density at radius 1 is 1.15 bits per heavy atom. The van der Waals surface area contributed by atoms with Crippen LogP contribution >= 0.6 is 0 Å². The molecule has 1 heterocycles. The SMILES string of the molecule is CC(=O)C1=C(O)C(=O)N(c2ccc(S(N)(=O)=O)cc2)[C@@H]1c1ccccc1F. The maximum absolute atomic E-state index is 14.4. The highest BCUT2D eigenvalue weighted by molar-refractivity contribution is 7.89. The number of aliphatic hydroxyl groups is 1. The first kappa shape index (κ1) is 18.7. The Bertz CT molecular complexity index is 1080. The lowest BCUT2D eigenvalue weighted by Gasteiger charge is -2.27. The number of halogens is 1. The molecule has 2 aromatic rings. The first-order chi connectivity index (χ1) is 12.6. The van der Waals surface area contributed by atoms with Gasteiger partial charge in [-0.05, 0) is 37.3 Å². The molecule has 0 radical (unpaired) electrons. The Hall–Kier alpha value is -3.04. The molecule has 0 aliphatic carbocycles. The summed E-state index contributed by atoms with van der Waals surface area (Å²) in [5.74, 6) is -2.91. The van der Waals surface area contributed by atoms with Gasteiger partial charge in [-0.1, -0.05) is 18.2 Å². The predicted molar refractivity (Wildman–Crippen MR) is 94.8 cm³/mol. The number of rotatable bonds is 4. The fraction of sp³-hybridized carbons (Fsp3) is 0.111. The topological polar surface area (TPSA) is 118 Å². The molecule has 1 atom stereocenters. The minimum absolute atomic E-state index is 0.0237. The van der Waals surface area contributed by atoms with Crippen molar-refractivity contribution in [3.05, 3.63) is 71.2 Å². The number of carbonyl (C=O) groups is 2. The van der Waals surface area contributed by atoms with E-state index >= 15 is 0 Å². The molecule has 0 saturated carbocycles. The number of aliphatic hydroxyl groups excluding tert-OH is 1. The summed E-state index contributed by atoms with van der Waals surface area (Å²) in [5.41, 5.74) is -0.0419. The molecule has 27 heavy (non-hydrogen) atoms. The van der Waals surface area contributed by atoms with Crippen LogP contribution in [0.3, 0.4) is 0 Å². The highest BCUT2D eigenvalue weighted by atomic mass is 32.2. The molecule has 1 amide bonds. The Labute approximate surface area is 154 Å². The Balaban J connectivity index is 2.17. The average Bonchev–Trinajstić information content (AvgIpc) is 2.86. The number of nitrogens with zero attached hydrogens (tertiary/aromatic N) is 1. The van der Waals surface area contributed by atoms with Gasteiger partial charge in [-0.3, -0.25) is 14.5 Å². The van der Waals surface area contributed by atoms with E-state index in [4.69, 9.17) is 5.14 Å². The predicted octanol–water partition coefficient (Wildman–Crippen LogP) is 1.96. The maximum Gasteiger partial charge on any atom is 0.294 e. The van der Waals surface area contributed by atoms with Crippen LogP contribution in [0.4, 0.5) is 10.1 Å². The Kier molecular flexibility index (Phi) is 4.58. The van der Waals surface area contributed by atoms with E-state index < -0.39 is 39.3 Å². The summed E-state index contributed by atoms with van der Waals surface area (Å²) < 4.78 is 37.2. The molecular weight excluding hydrogens is 375 g/mol. The minimum atomic E-state index is -3.94. The fourth-order valence-corrected chi connectivity index (χ4v) is 3.53. The van der Waals surface area contributed by atoms with E-state index in [0.29, 0.717) is 0 Å². The summed E-state index contributed by atoms with van der Waals surface area (Å²) in [6, 6.07) is 9.34. The molecule has 1 aliphatic rings. The number of anilines is 1. The van der Waals surface area contributed by atoms with Gasteiger partial charge in [0, 0.05) is 11.3 Å². The summed E-state index contributed by atoms with van der Waals surface area (Å²) >= 11 is 0. The van der Waals surface area contributed by atoms with Crippen molar-refractivity contribution >= 4 is 27.4 Å². The number of nitrogens with two attached hydrogens (primary N) is 1. The number of benzene rings is 2. The molecule has 0 saturated heterocycles. The van der Waals surface area contributed by atoms with E-state index in [1.807, 2.05) is 0 Å². The van der Waals surface area contributed by atoms with Gasteiger partial charge in [-0.25, -0.2) is 17.9 Å². The molecule has 0 bridgehead atoms. The zero-order valence-corrected chi connectivity index (χ0v) is 14.9. The van der Waals surface area contributed by atoms with Crippen LogP contribution in [-0.2, 0) is 19.6 Å². The second-order valence-corrected chi connectivity index (χ2v) is 7.52. The zero-order chi connectivity index (χ0) is 19.9. The van der Waals surface area contributed by atoms with Gasteiger partial charge in [-0.2, -0.15) is 0 Å². The lowest BCUT2D eigenvalue weighted by Crippen LogP contribution is -2.31. The van der Waals surface area contributed by atoms with E-state index in [-0.39, 0.29) is 21.7 Å². The average molecular weight is 390 g/mol. The van der Waals surface area contributed by atoms with Crippen LogP contribution in [0.25, 0.3) is 0 Å². The molecule has 7 nitrogen and oxygen atoms in total. The highest BCUT2D eigenvalue weighted by Crippen LogP contribution is 2.41. The molecule has 0 aromatic heterocycles. The van der Waals surface area contributed by atoms with Gasteiger partial charge in [0.15, 0.2) is 11.5 Å². The molecule has 140 valence electrons. The summed E-state index contributed by atoms with van der Waals surface area (Å²) in [7, 11) is -3.94. The van der Waals surface area contributed by atoms with E-state index in [0.717, 1.165) is 4.90 Å². The van der Waals surface area contributed by atoms with E-state index in [1.165, 1.54) is 55.5 Å². The third kappa shape index (κ3) is 3.22. The lowest BCUT2D eigenvalue weighted by molar-refractivity contribution is -0.117. The molecule has 0 fully saturated rings. The monoisotopic (exact) mass is 390 g/mol. The van der Waals surface area contributed by atoms with Crippen molar-refractivity contribution in [1.29, 1.82) is 0 Å². The molecule has 9 heteroatoms. The normalized spacial score (nSPS) is 17.5. The first-order valence-corrected chi connectivity index (χ1v) is 9.32. The van der Waals surface area contributed by atoms with E-state index in [9.17, 15) is 27.5 Å². The van der Waals surface area contributed by atoms with Gasteiger partial charge in [0.2, 0.25) is 10.0 Å². The van der Waals surface area contributed by atoms with Crippen LogP contribution < -0.4 is 10.0 Å². The van der Waals surface area contributed by atoms with Gasteiger partial charge >= 0.3 is 0 Å². The van der Waals surface area contributed by atoms with Crippen molar-refractivity contribution in [3.63, 3.8) is 0 Å². The minimum Gasteiger partial charge on any atom is -0.503 e. The van der Waals surface area contributed by atoms with Gasteiger partial charge in [0.1, 0.15) is 5.82 Å². The maximum atomic E-state index is 14.4. The van der Waals surface area contributed by atoms with Gasteiger partial charge < -0.3 is 5.11 Å². The number of ketones is 1. The van der Waals surface area contributed by atoms with Crippen LogP contribution in [0.1, 0.15) is 18.5 Å². The third-order valence-corrected chi connectivity index (χ3v) is 5.16. The lowest BCUT2D eigenvalue weighted by atomic mass is 9.96. The number of primary sulfonamides is 1. The number of hydrogen-bond acceptors (Lipinski definition) is 5. The number of carbonyl (C=O) groups excluding carboxylic acids is 2. The summed E-state index contributed by atoms with van der Waals surface area (Å²) in [4.78, 5) is 25.5. The second kappa shape index (κ2) is 6.60. The molecule has 3 N–H and O–H groups in total. The quantitative estimate of drug-likeness (QED) is 0.827. The van der Waals surface area contributed by atoms with Gasteiger partial charge in [0.05, 0.1) is 16.5 Å². The summed E-state index contributed by atoms with van der Waals surface area (Å²) in [6.07, 6.45) is 0. The molecule has 0 spiro atoms. The first-order valence-electron chi connectivity index (χ1n) is 7.78. The number of amides is 1. The Morgan fingerprint density at radius 3 is 2.26 bits per heavy atom. The number of Topliss-reactive ketones (excluding diaryl/α,β-unsaturated/α-hetero) is 1. The van der Waals surface area contributed by atoms with Crippen LogP contribution in [0.2, 0.25) is 0 Å². The van der Waals surface area contributed by atoms with Gasteiger partial charge in [-0.15, -0.1) is 0 Å². The smallest absolute Gasteiger partial charge is 0.294 e. The summed E-state index contributed by atoms with van der Waals surface area (Å²) in [5, 5.41) is 15.3. The van der Waals surface area contributed by atoms with Crippen molar-refractivity contribution in [2.75, 3.05) is 4.90 Å². The number of hydrogen-bond donors (Lipinski definition) is 2. The highest BCUT2D eigenvalue weighted by Gasteiger charge is 2.44.